The molecule has 2 atom stereocenters. The number of nitrogens with one attached hydrogen (secondary N) is 1. The van der Waals surface area contributed by atoms with Gasteiger partial charge in [-0.25, -0.2) is 0 Å². The summed E-state index contributed by atoms with van der Waals surface area (Å²) in [7, 11) is 1.81. The fourth-order valence-electron chi connectivity index (χ4n) is 2.65. The summed E-state index contributed by atoms with van der Waals surface area (Å²) in [5.41, 5.74) is 1.10. The Labute approximate surface area is 116 Å². The fourth-order valence-corrected chi connectivity index (χ4v) is 2.65. The lowest BCUT2D eigenvalue weighted by atomic mass is 9.92. The number of rotatable bonds is 5. The molecule has 1 fully saturated rings. The van der Waals surface area contributed by atoms with Crippen LogP contribution in [0.25, 0.3) is 0 Å². The van der Waals surface area contributed by atoms with Gasteiger partial charge in [0.25, 0.3) is 0 Å². The second kappa shape index (κ2) is 6.80. The Morgan fingerprint density at radius 3 is 2.74 bits per heavy atom. The summed E-state index contributed by atoms with van der Waals surface area (Å²) in [6.45, 7) is 4.11. The Kier molecular flexibility index (Phi) is 5.08. The molecule has 0 aromatic heterocycles. The van der Waals surface area contributed by atoms with E-state index in [0.29, 0.717) is 12.1 Å². The van der Waals surface area contributed by atoms with Crippen molar-refractivity contribution >= 4 is 5.69 Å². The van der Waals surface area contributed by atoms with E-state index in [4.69, 9.17) is 9.47 Å². The fraction of sp³-hybridized carbons (Fsp3) is 0.625. The Hall–Kier alpha value is -1.22. The summed E-state index contributed by atoms with van der Waals surface area (Å²) in [6, 6.07) is 8.66. The van der Waals surface area contributed by atoms with Crippen molar-refractivity contribution in [2.24, 2.45) is 0 Å². The average molecular weight is 263 g/mol. The summed E-state index contributed by atoms with van der Waals surface area (Å²) in [4.78, 5) is 0. The van der Waals surface area contributed by atoms with Crippen molar-refractivity contribution < 1.29 is 9.47 Å². The molecule has 1 aliphatic carbocycles. The Bertz CT molecular complexity index is 392. The van der Waals surface area contributed by atoms with Crippen molar-refractivity contribution in [3.8, 4) is 5.75 Å². The number of benzene rings is 1. The van der Waals surface area contributed by atoms with Crippen LogP contribution in [0, 0.1) is 0 Å². The molecule has 106 valence electrons. The van der Waals surface area contributed by atoms with Crippen LogP contribution < -0.4 is 10.1 Å². The number of methoxy groups -OCH3 is 1. The van der Waals surface area contributed by atoms with Gasteiger partial charge >= 0.3 is 0 Å². The van der Waals surface area contributed by atoms with Crippen LogP contribution in [-0.2, 0) is 4.74 Å². The number of para-hydroxylation sites is 2. The minimum atomic E-state index is 0.195. The van der Waals surface area contributed by atoms with Crippen LogP contribution in [0.15, 0.2) is 24.3 Å². The molecule has 0 heterocycles. The molecule has 0 spiro atoms. The maximum atomic E-state index is 5.85. The first-order valence-electron chi connectivity index (χ1n) is 7.24. The molecule has 2 rings (SSSR count). The Morgan fingerprint density at radius 2 is 2.00 bits per heavy atom. The normalized spacial score (nSPS) is 23.4. The Morgan fingerprint density at radius 1 is 1.21 bits per heavy atom. The maximum Gasteiger partial charge on any atom is 0.142 e. The number of hydrogen-bond donors (Lipinski definition) is 1. The molecule has 19 heavy (non-hydrogen) atoms. The van der Waals surface area contributed by atoms with Crippen LogP contribution in [0.1, 0.15) is 39.5 Å². The van der Waals surface area contributed by atoms with Crippen molar-refractivity contribution in [2.45, 2.75) is 57.8 Å². The zero-order chi connectivity index (χ0) is 13.7. The first kappa shape index (κ1) is 14.2. The highest BCUT2D eigenvalue weighted by molar-refractivity contribution is 5.56. The number of anilines is 1. The van der Waals surface area contributed by atoms with Gasteiger partial charge < -0.3 is 14.8 Å². The number of hydrogen-bond acceptors (Lipinski definition) is 3. The van der Waals surface area contributed by atoms with E-state index in [1.165, 1.54) is 19.3 Å². The van der Waals surface area contributed by atoms with E-state index in [-0.39, 0.29) is 6.10 Å². The molecule has 1 N–H and O–H groups in total. The second-order valence-electron chi connectivity index (χ2n) is 5.53. The molecule has 0 amide bonds. The maximum absolute atomic E-state index is 5.85. The van der Waals surface area contributed by atoms with Gasteiger partial charge in [-0.2, -0.15) is 0 Å². The van der Waals surface area contributed by atoms with Gasteiger partial charge in [-0.3, -0.25) is 0 Å². The van der Waals surface area contributed by atoms with E-state index in [1.807, 2.05) is 25.3 Å². The van der Waals surface area contributed by atoms with Gasteiger partial charge in [0.2, 0.25) is 0 Å². The third-order valence-electron chi connectivity index (χ3n) is 3.57. The molecule has 2 unspecified atom stereocenters. The molecule has 1 aromatic carbocycles. The van der Waals surface area contributed by atoms with Crippen LogP contribution >= 0.6 is 0 Å². The summed E-state index contributed by atoms with van der Waals surface area (Å²) in [5.74, 6) is 0.942. The lowest BCUT2D eigenvalue weighted by Crippen LogP contribution is -2.31. The predicted octanol–water partition coefficient (Wildman–Crippen LogP) is 3.84. The molecule has 3 heteroatoms. The molecular formula is C16H25NO2. The van der Waals surface area contributed by atoms with E-state index in [9.17, 15) is 0 Å². The second-order valence-corrected chi connectivity index (χ2v) is 5.53. The average Bonchev–Trinajstić information content (AvgIpc) is 2.41. The zero-order valence-electron chi connectivity index (χ0n) is 12.2. The third-order valence-corrected chi connectivity index (χ3v) is 3.57. The van der Waals surface area contributed by atoms with Gasteiger partial charge in [0.1, 0.15) is 5.75 Å². The lowest BCUT2D eigenvalue weighted by Gasteiger charge is -2.30. The van der Waals surface area contributed by atoms with Crippen molar-refractivity contribution in [1.82, 2.24) is 0 Å². The molecular weight excluding hydrogens is 238 g/mol. The van der Waals surface area contributed by atoms with Gasteiger partial charge in [0.05, 0.1) is 17.9 Å². The van der Waals surface area contributed by atoms with E-state index < -0.39 is 0 Å². The van der Waals surface area contributed by atoms with Gasteiger partial charge in [-0.05, 0) is 51.7 Å². The van der Waals surface area contributed by atoms with Crippen molar-refractivity contribution in [3.05, 3.63) is 24.3 Å². The van der Waals surface area contributed by atoms with Crippen LogP contribution in [0.5, 0.6) is 5.75 Å². The molecule has 0 saturated heterocycles. The first-order valence-corrected chi connectivity index (χ1v) is 7.24. The molecule has 3 nitrogen and oxygen atoms in total. The summed E-state index contributed by atoms with van der Waals surface area (Å²) in [5, 5.41) is 3.61. The minimum Gasteiger partial charge on any atom is -0.489 e. The SMILES string of the molecule is COC1CCCC(Nc2ccccc2OC(C)C)C1. The molecule has 1 saturated carbocycles. The van der Waals surface area contributed by atoms with Gasteiger partial charge in [0.15, 0.2) is 0 Å². The Balaban J connectivity index is 2.01. The summed E-state index contributed by atoms with van der Waals surface area (Å²) < 4.78 is 11.3. The monoisotopic (exact) mass is 263 g/mol. The highest BCUT2D eigenvalue weighted by atomic mass is 16.5. The van der Waals surface area contributed by atoms with Crippen molar-refractivity contribution in [1.29, 1.82) is 0 Å². The highest BCUT2D eigenvalue weighted by Gasteiger charge is 2.22. The van der Waals surface area contributed by atoms with Crippen LogP contribution in [0.4, 0.5) is 5.69 Å². The van der Waals surface area contributed by atoms with Gasteiger partial charge in [-0.15, -0.1) is 0 Å². The van der Waals surface area contributed by atoms with E-state index >= 15 is 0 Å². The van der Waals surface area contributed by atoms with E-state index in [1.54, 1.807) is 0 Å². The summed E-state index contributed by atoms with van der Waals surface area (Å²) >= 11 is 0. The standard InChI is InChI=1S/C16H25NO2/c1-12(2)19-16-10-5-4-9-15(16)17-13-7-6-8-14(11-13)18-3/h4-5,9-10,12-14,17H,6-8,11H2,1-3H3. The lowest BCUT2D eigenvalue weighted by molar-refractivity contribution is 0.0669. The van der Waals surface area contributed by atoms with E-state index in [0.717, 1.165) is 17.9 Å². The van der Waals surface area contributed by atoms with Gasteiger partial charge in [-0.1, -0.05) is 12.1 Å². The minimum absolute atomic E-state index is 0.195. The van der Waals surface area contributed by atoms with Crippen LogP contribution in [-0.4, -0.2) is 25.4 Å². The molecule has 0 radical (unpaired) electrons. The van der Waals surface area contributed by atoms with Crippen LogP contribution in [0.3, 0.4) is 0 Å². The molecule has 1 aliphatic rings. The zero-order valence-corrected chi connectivity index (χ0v) is 12.2. The topological polar surface area (TPSA) is 30.5 Å². The van der Waals surface area contributed by atoms with E-state index in [2.05, 4.69) is 25.2 Å². The van der Waals surface area contributed by atoms with Crippen molar-refractivity contribution in [3.63, 3.8) is 0 Å². The van der Waals surface area contributed by atoms with Crippen molar-refractivity contribution in [2.75, 3.05) is 12.4 Å². The molecule has 0 aliphatic heterocycles. The van der Waals surface area contributed by atoms with Gasteiger partial charge in [0, 0.05) is 13.2 Å². The third kappa shape index (κ3) is 4.13. The highest BCUT2D eigenvalue weighted by Crippen LogP contribution is 2.29. The number of ether oxygens (including phenoxy) is 2. The largest absolute Gasteiger partial charge is 0.489 e. The smallest absolute Gasteiger partial charge is 0.142 e. The summed E-state index contributed by atoms with van der Waals surface area (Å²) in [6.07, 6.45) is 5.27. The molecule has 1 aromatic rings. The first-order chi connectivity index (χ1) is 9.19. The molecule has 0 bridgehead atoms. The predicted molar refractivity (Wildman–Crippen MR) is 78.9 cm³/mol. The quantitative estimate of drug-likeness (QED) is 0.875. The van der Waals surface area contributed by atoms with Crippen LogP contribution in [0.2, 0.25) is 0 Å².